The molecule has 0 bridgehead atoms. The number of nitrogens with one attached hydrogen (secondary N) is 2. The van der Waals surface area contributed by atoms with Crippen molar-refractivity contribution in [1.29, 1.82) is 0 Å². The summed E-state index contributed by atoms with van der Waals surface area (Å²) < 4.78 is 5.43. The van der Waals surface area contributed by atoms with Gasteiger partial charge in [-0.1, -0.05) is 19.3 Å². The topological polar surface area (TPSA) is 52.8 Å². The Balaban J connectivity index is 1.53. The van der Waals surface area contributed by atoms with E-state index in [0.29, 0.717) is 18.1 Å². The molecule has 146 valence electrons. The van der Waals surface area contributed by atoms with E-state index in [1.54, 1.807) is 6.26 Å². The Hall–Kier alpha value is -1.49. The van der Waals surface area contributed by atoms with Crippen molar-refractivity contribution in [2.75, 3.05) is 19.6 Å². The summed E-state index contributed by atoms with van der Waals surface area (Å²) in [6.45, 7) is 7.71. The van der Waals surface area contributed by atoms with E-state index >= 15 is 0 Å². The SMILES string of the molecule is CC(C)N1CCC(NC(=NCCc2ccco2)NC2CCCCC2)CC1. The minimum absolute atomic E-state index is 0.531. The average molecular weight is 361 g/mol. The van der Waals surface area contributed by atoms with Crippen LogP contribution in [0.4, 0.5) is 0 Å². The maximum atomic E-state index is 5.43. The lowest BCUT2D eigenvalue weighted by molar-refractivity contribution is 0.167. The van der Waals surface area contributed by atoms with E-state index in [0.717, 1.165) is 24.7 Å². The molecule has 5 nitrogen and oxygen atoms in total. The molecule has 2 fully saturated rings. The summed E-state index contributed by atoms with van der Waals surface area (Å²) in [5, 5.41) is 7.44. The van der Waals surface area contributed by atoms with Gasteiger partial charge in [0.1, 0.15) is 5.76 Å². The normalized spacial score (nSPS) is 21.3. The van der Waals surface area contributed by atoms with Crippen molar-refractivity contribution < 1.29 is 4.42 Å². The van der Waals surface area contributed by atoms with E-state index in [-0.39, 0.29) is 0 Å². The molecular formula is C21H36N4O. The maximum Gasteiger partial charge on any atom is 0.191 e. The van der Waals surface area contributed by atoms with Crippen LogP contribution < -0.4 is 10.6 Å². The lowest BCUT2D eigenvalue weighted by Crippen LogP contribution is -2.52. The van der Waals surface area contributed by atoms with Crippen LogP contribution in [0.25, 0.3) is 0 Å². The van der Waals surface area contributed by atoms with Gasteiger partial charge in [-0.05, 0) is 51.7 Å². The predicted molar refractivity (Wildman–Crippen MR) is 108 cm³/mol. The molecule has 1 aliphatic carbocycles. The Bertz CT molecular complexity index is 526. The number of likely N-dealkylation sites (tertiary alicyclic amines) is 1. The molecule has 0 spiro atoms. The molecule has 0 unspecified atom stereocenters. The standard InChI is InChI=1S/C21H36N4O/c1-17(2)25-14-11-19(12-15-25)24-21(23-18-7-4-3-5-8-18)22-13-10-20-9-6-16-26-20/h6,9,16-19H,3-5,7-8,10-15H2,1-2H3,(H2,22,23,24). The fourth-order valence-corrected chi connectivity index (χ4v) is 4.06. The summed E-state index contributed by atoms with van der Waals surface area (Å²) in [4.78, 5) is 7.43. The van der Waals surface area contributed by atoms with Gasteiger partial charge < -0.3 is 20.0 Å². The third-order valence-electron chi connectivity index (χ3n) is 5.75. The largest absolute Gasteiger partial charge is 0.469 e. The van der Waals surface area contributed by atoms with Gasteiger partial charge in [0.15, 0.2) is 5.96 Å². The molecule has 1 saturated carbocycles. The summed E-state index contributed by atoms with van der Waals surface area (Å²) in [6.07, 6.45) is 11.6. The Kier molecular flexibility index (Phi) is 7.42. The van der Waals surface area contributed by atoms with Crippen molar-refractivity contribution in [3.05, 3.63) is 24.2 Å². The molecule has 1 aromatic heterocycles. The monoisotopic (exact) mass is 360 g/mol. The Morgan fingerprint density at radius 2 is 1.81 bits per heavy atom. The maximum absolute atomic E-state index is 5.43. The molecule has 0 aromatic carbocycles. The van der Waals surface area contributed by atoms with Gasteiger partial charge in [0.2, 0.25) is 0 Å². The minimum Gasteiger partial charge on any atom is -0.469 e. The summed E-state index contributed by atoms with van der Waals surface area (Å²) in [7, 11) is 0. The minimum atomic E-state index is 0.531. The first-order valence-electron chi connectivity index (χ1n) is 10.5. The number of hydrogen-bond donors (Lipinski definition) is 2. The summed E-state index contributed by atoms with van der Waals surface area (Å²) >= 11 is 0. The first-order chi connectivity index (χ1) is 12.7. The number of guanidine groups is 1. The molecule has 2 heterocycles. The van der Waals surface area contributed by atoms with Gasteiger partial charge in [-0.15, -0.1) is 0 Å². The molecular weight excluding hydrogens is 324 g/mol. The van der Waals surface area contributed by atoms with Crippen LogP contribution in [0.15, 0.2) is 27.8 Å². The van der Waals surface area contributed by atoms with E-state index in [2.05, 4.69) is 29.4 Å². The second kappa shape index (κ2) is 10.0. The van der Waals surface area contributed by atoms with Crippen molar-refractivity contribution >= 4 is 5.96 Å². The fraction of sp³-hybridized carbons (Fsp3) is 0.762. The van der Waals surface area contributed by atoms with Crippen LogP contribution in [-0.2, 0) is 6.42 Å². The molecule has 3 rings (SSSR count). The van der Waals surface area contributed by atoms with Crippen LogP contribution in [-0.4, -0.2) is 48.6 Å². The van der Waals surface area contributed by atoms with Crippen LogP contribution in [0.3, 0.4) is 0 Å². The number of furan rings is 1. The number of rotatable bonds is 6. The van der Waals surface area contributed by atoms with Crippen molar-refractivity contribution in [2.24, 2.45) is 4.99 Å². The highest BCUT2D eigenvalue weighted by molar-refractivity contribution is 5.80. The van der Waals surface area contributed by atoms with Gasteiger partial charge in [-0.2, -0.15) is 0 Å². The Labute approximate surface area is 158 Å². The first-order valence-corrected chi connectivity index (χ1v) is 10.5. The van der Waals surface area contributed by atoms with Gasteiger partial charge in [-0.3, -0.25) is 4.99 Å². The van der Waals surface area contributed by atoms with Crippen LogP contribution in [0.1, 0.15) is 64.6 Å². The molecule has 0 atom stereocenters. The molecule has 2 N–H and O–H groups in total. The first kappa shape index (κ1) is 19.3. The fourth-order valence-electron chi connectivity index (χ4n) is 4.06. The third-order valence-corrected chi connectivity index (χ3v) is 5.75. The number of nitrogens with zero attached hydrogens (tertiary/aromatic N) is 2. The molecule has 1 saturated heterocycles. The van der Waals surface area contributed by atoms with Crippen LogP contribution >= 0.6 is 0 Å². The van der Waals surface area contributed by atoms with Crippen LogP contribution in [0.2, 0.25) is 0 Å². The quantitative estimate of drug-likeness (QED) is 0.602. The number of hydrogen-bond acceptors (Lipinski definition) is 3. The van der Waals surface area contributed by atoms with Crippen molar-refractivity contribution in [3.8, 4) is 0 Å². The van der Waals surface area contributed by atoms with Crippen molar-refractivity contribution in [3.63, 3.8) is 0 Å². The highest BCUT2D eigenvalue weighted by Gasteiger charge is 2.22. The molecule has 1 aromatic rings. The summed E-state index contributed by atoms with van der Waals surface area (Å²) in [5.41, 5.74) is 0. The highest BCUT2D eigenvalue weighted by Crippen LogP contribution is 2.18. The van der Waals surface area contributed by atoms with E-state index in [4.69, 9.17) is 9.41 Å². The summed E-state index contributed by atoms with van der Waals surface area (Å²) in [6, 6.07) is 5.73. The Morgan fingerprint density at radius 1 is 1.12 bits per heavy atom. The lowest BCUT2D eigenvalue weighted by Gasteiger charge is -2.36. The second-order valence-corrected chi connectivity index (χ2v) is 8.09. The summed E-state index contributed by atoms with van der Waals surface area (Å²) in [5.74, 6) is 2.02. The molecule has 0 radical (unpaired) electrons. The molecule has 26 heavy (non-hydrogen) atoms. The van der Waals surface area contributed by atoms with Gasteiger partial charge in [0, 0.05) is 44.2 Å². The van der Waals surface area contributed by atoms with Crippen LogP contribution in [0.5, 0.6) is 0 Å². The van der Waals surface area contributed by atoms with Gasteiger partial charge in [0.25, 0.3) is 0 Å². The number of piperidine rings is 1. The second-order valence-electron chi connectivity index (χ2n) is 8.09. The zero-order valence-electron chi connectivity index (χ0n) is 16.5. The Morgan fingerprint density at radius 3 is 2.42 bits per heavy atom. The average Bonchev–Trinajstić information content (AvgIpc) is 3.16. The van der Waals surface area contributed by atoms with E-state index in [1.165, 1.54) is 58.0 Å². The van der Waals surface area contributed by atoms with E-state index in [9.17, 15) is 0 Å². The smallest absolute Gasteiger partial charge is 0.191 e. The molecule has 1 aliphatic heterocycles. The van der Waals surface area contributed by atoms with Crippen molar-refractivity contribution in [2.45, 2.75) is 83.3 Å². The van der Waals surface area contributed by atoms with Gasteiger partial charge in [-0.25, -0.2) is 0 Å². The van der Waals surface area contributed by atoms with Gasteiger partial charge >= 0.3 is 0 Å². The zero-order valence-corrected chi connectivity index (χ0v) is 16.5. The number of aliphatic imine (C=N–C) groups is 1. The van der Waals surface area contributed by atoms with Crippen LogP contribution in [0, 0.1) is 0 Å². The van der Waals surface area contributed by atoms with Crippen molar-refractivity contribution in [1.82, 2.24) is 15.5 Å². The molecule has 5 heteroatoms. The lowest BCUT2D eigenvalue weighted by atomic mass is 9.95. The zero-order chi connectivity index (χ0) is 18.2. The predicted octanol–water partition coefficient (Wildman–Crippen LogP) is 3.56. The molecule has 2 aliphatic rings. The van der Waals surface area contributed by atoms with E-state index < -0.39 is 0 Å². The highest BCUT2D eigenvalue weighted by atomic mass is 16.3. The van der Waals surface area contributed by atoms with Gasteiger partial charge in [0.05, 0.1) is 6.26 Å². The molecule has 0 amide bonds. The third kappa shape index (κ3) is 6.04. The van der Waals surface area contributed by atoms with E-state index in [1.807, 2.05) is 12.1 Å².